The van der Waals surface area contributed by atoms with Gasteiger partial charge in [0, 0.05) is 37.2 Å². The fourth-order valence-electron chi connectivity index (χ4n) is 3.37. The van der Waals surface area contributed by atoms with Crippen LogP contribution < -0.4 is 5.32 Å². The third-order valence-electron chi connectivity index (χ3n) is 4.30. The molecule has 6 nitrogen and oxygen atoms in total. The van der Waals surface area contributed by atoms with Crippen LogP contribution in [0.2, 0.25) is 0 Å². The lowest BCUT2D eigenvalue weighted by Gasteiger charge is -2.24. The number of likely N-dealkylation sites (N-methyl/N-ethyl adjacent to an activating group) is 1. The van der Waals surface area contributed by atoms with E-state index in [2.05, 4.69) is 33.7 Å². The predicted octanol–water partition coefficient (Wildman–Crippen LogP) is 2.53. The van der Waals surface area contributed by atoms with Gasteiger partial charge in [-0.15, -0.1) is 0 Å². The largest absolute Gasteiger partial charge is 0.348 e. The van der Waals surface area contributed by atoms with Gasteiger partial charge < -0.3 is 14.8 Å². The molecule has 0 fully saturated rings. The molecule has 1 N–H and O–H groups in total. The van der Waals surface area contributed by atoms with E-state index in [-0.39, 0.29) is 11.9 Å². The van der Waals surface area contributed by atoms with E-state index >= 15 is 0 Å². The molecule has 2 rings (SSSR count). The van der Waals surface area contributed by atoms with Crippen molar-refractivity contribution >= 4 is 5.91 Å². The van der Waals surface area contributed by atoms with E-state index < -0.39 is 0 Å². The molecule has 0 saturated carbocycles. The Hall–Kier alpha value is -2.08. The van der Waals surface area contributed by atoms with Crippen LogP contribution in [0.1, 0.15) is 42.0 Å². The Morgan fingerprint density at radius 3 is 2.52 bits per heavy atom. The molecule has 138 valence electrons. The molecule has 0 unspecified atom stereocenters. The number of nitrogens with zero attached hydrogens (tertiary/aromatic N) is 4. The molecule has 0 spiro atoms. The molecule has 0 aliphatic heterocycles. The van der Waals surface area contributed by atoms with Gasteiger partial charge in [0.05, 0.1) is 17.4 Å². The van der Waals surface area contributed by atoms with Crippen molar-refractivity contribution in [2.75, 3.05) is 20.6 Å². The summed E-state index contributed by atoms with van der Waals surface area (Å²) in [6, 6.07) is 2.10. The van der Waals surface area contributed by atoms with Crippen LogP contribution in [0, 0.1) is 19.8 Å². The van der Waals surface area contributed by atoms with Gasteiger partial charge in [0.1, 0.15) is 0 Å². The quantitative estimate of drug-likeness (QED) is 0.839. The first kappa shape index (κ1) is 19.2. The maximum atomic E-state index is 12.9. The molecule has 0 aromatic carbocycles. The number of nitrogens with one attached hydrogen (secondary N) is 1. The smallest absolute Gasteiger partial charge is 0.253 e. The summed E-state index contributed by atoms with van der Waals surface area (Å²) >= 11 is 0. The highest BCUT2D eigenvalue weighted by Gasteiger charge is 2.21. The number of hydrogen-bond donors (Lipinski definition) is 1. The van der Waals surface area contributed by atoms with Crippen molar-refractivity contribution in [1.29, 1.82) is 0 Å². The van der Waals surface area contributed by atoms with Crippen LogP contribution in [0.25, 0.3) is 5.69 Å². The molecule has 6 heteroatoms. The van der Waals surface area contributed by atoms with Gasteiger partial charge >= 0.3 is 0 Å². The predicted molar refractivity (Wildman–Crippen MR) is 101 cm³/mol. The number of aromatic nitrogens is 3. The van der Waals surface area contributed by atoms with Gasteiger partial charge in [-0.3, -0.25) is 9.48 Å². The second-order valence-corrected chi connectivity index (χ2v) is 7.55. The normalized spacial score (nSPS) is 12.8. The minimum absolute atomic E-state index is 0.00394. The zero-order valence-corrected chi connectivity index (χ0v) is 16.5. The maximum absolute atomic E-state index is 12.9. The summed E-state index contributed by atoms with van der Waals surface area (Å²) in [7, 11) is 5.96. The maximum Gasteiger partial charge on any atom is 0.253 e. The van der Waals surface area contributed by atoms with E-state index in [4.69, 9.17) is 0 Å². The Labute approximate surface area is 150 Å². The SMILES string of the molecule is Cc1cc(C(=O)N[C@@H](CC(C)C)CN(C)C)c(C)n1-c1cnn(C)c1. The van der Waals surface area contributed by atoms with Crippen LogP contribution in [0.3, 0.4) is 0 Å². The molecule has 0 aliphatic rings. The Kier molecular flexibility index (Phi) is 6.06. The number of carbonyl (C=O) groups is 1. The van der Waals surface area contributed by atoms with E-state index in [1.807, 2.05) is 53.5 Å². The average molecular weight is 345 g/mol. The van der Waals surface area contributed by atoms with Crippen molar-refractivity contribution in [2.45, 2.75) is 40.2 Å². The van der Waals surface area contributed by atoms with E-state index in [0.717, 1.165) is 35.6 Å². The molecule has 0 aliphatic carbocycles. The Balaban J connectivity index is 2.24. The van der Waals surface area contributed by atoms with Crippen LogP contribution in [-0.4, -0.2) is 51.8 Å². The van der Waals surface area contributed by atoms with Crippen LogP contribution >= 0.6 is 0 Å². The molecule has 0 bridgehead atoms. The molecule has 1 atom stereocenters. The van der Waals surface area contributed by atoms with Gasteiger partial charge in [0.25, 0.3) is 5.91 Å². The lowest BCUT2D eigenvalue weighted by molar-refractivity contribution is 0.0924. The highest BCUT2D eigenvalue weighted by Crippen LogP contribution is 2.20. The van der Waals surface area contributed by atoms with Crippen LogP contribution in [0.4, 0.5) is 0 Å². The summed E-state index contributed by atoms with van der Waals surface area (Å²) < 4.78 is 3.84. The fourth-order valence-corrected chi connectivity index (χ4v) is 3.37. The topological polar surface area (TPSA) is 55.1 Å². The minimum Gasteiger partial charge on any atom is -0.348 e. The van der Waals surface area contributed by atoms with Crippen molar-refractivity contribution in [1.82, 2.24) is 24.6 Å². The summed E-state index contributed by atoms with van der Waals surface area (Å²) in [5.41, 5.74) is 3.68. The van der Waals surface area contributed by atoms with Gasteiger partial charge in [0.2, 0.25) is 0 Å². The first-order valence-corrected chi connectivity index (χ1v) is 8.82. The summed E-state index contributed by atoms with van der Waals surface area (Å²) in [6.07, 6.45) is 4.73. The second kappa shape index (κ2) is 7.87. The van der Waals surface area contributed by atoms with Gasteiger partial charge in [-0.05, 0) is 46.3 Å². The summed E-state index contributed by atoms with van der Waals surface area (Å²) in [5.74, 6) is 0.531. The van der Waals surface area contributed by atoms with Gasteiger partial charge in [-0.1, -0.05) is 13.8 Å². The molecule has 2 aromatic rings. The van der Waals surface area contributed by atoms with Crippen molar-refractivity contribution in [3.63, 3.8) is 0 Å². The third kappa shape index (κ3) is 4.72. The first-order chi connectivity index (χ1) is 11.7. The summed E-state index contributed by atoms with van der Waals surface area (Å²) in [4.78, 5) is 15.0. The van der Waals surface area contributed by atoms with Gasteiger partial charge in [-0.2, -0.15) is 5.10 Å². The Morgan fingerprint density at radius 1 is 1.32 bits per heavy atom. The van der Waals surface area contributed by atoms with Crippen molar-refractivity contribution < 1.29 is 4.79 Å². The molecule has 1 amide bonds. The second-order valence-electron chi connectivity index (χ2n) is 7.55. The lowest BCUT2D eigenvalue weighted by atomic mass is 10.0. The van der Waals surface area contributed by atoms with E-state index in [1.165, 1.54) is 0 Å². The molecule has 0 saturated heterocycles. The number of aryl methyl sites for hydroxylation is 2. The number of carbonyl (C=O) groups excluding carboxylic acids is 1. The highest BCUT2D eigenvalue weighted by molar-refractivity contribution is 5.96. The van der Waals surface area contributed by atoms with Crippen molar-refractivity contribution in [2.24, 2.45) is 13.0 Å². The number of hydrogen-bond acceptors (Lipinski definition) is 3. The third-order valence-corrected chi connectivity index (χ3v) is 4.30. The zero-order chi connectivity index (χ0) is 18.7. The van der Waals surface area contributed by atoms with Crippen LogP contribution in [-0.2, 0) is 7.05 Å². The Bertz CT molecular complexity index is 716. The summed E-state index contributed by atoms with van der Waals surface area (Å²) in [5, 5.41) is 7.45. The van der Waals surface area contributed by atoms with Crippen molar-refractivity contribution in [3.05, 3.63) is 35.4 Å². The monoisotopic (exact) mass is 345 g/mol. The average Bonchev–Trinajstić information content (AvgIpc) is 3.00. The zero-order valence-electron chi connectivity index (χ0n) is 16.5. The standard InChI is InChI=1S/C19H31N5O/c1-13(2)8-16(11-22(5)6)21-19(25)18-9-14(3)24(15(18)4)17-10-20-23(7)12-17/h9-10,12-13,16H,8,11H2,1-7H3,(H,21,25)/t16-/m0/s1. The fraction of sp³-hybridized carbons (Fsp3) is 0.579. The number of amides is 1. The lowest BCUT2D eigenvalue weighted by Crippen LogP contribution is -2.42. The van der Waals surface area contributed by atoms with E-state index in [1.54, 1.807) is 4.68 Å². The Morgan fingerprint density at radius 2 is 2.00 bits per heavy atom. The number of rotatable bonds is 7. The molecular formula is C19H31N5O. The molecule has 0 radical (unpaired) electrons. The highest BCUT2D eigenvalue weighted by atomic mass is 16.1. The molecule has 25 heavy (non-hydrogen) atoms. The van der Waals surface area contributed by atoms with Gasteiger partial charge in [0.15, 0.2) is 0 Å². The van der Waals surface area contributed by atoms with Gasteiger partial charge in [-0.25, -0.2) is 0 Å². The molecular weight excluding hydrogens is 314 g/mol. The van der Waals surface area contributed by atoms with E-state index in [0.29, 0.717) is 5.92 Å². The molecule has 2 aromatic heterocycles. The van der Waals surface area contributed by atoms with Crippen molar-refractivity contribution in [3.8, 4) is 5.69 Å². The minimum atomic E-state index is -0.00394. The van der Waals surface area contributed by atoms with Crippen LogP contribution in [0.15, 0.2) is 18.5 Å². The molecule has 2 heterocycles. The first-order valence-electron chi connectivity index (χ1n) is 8.82. The van der Waals surface area contributed by atoms with Crippen LogP contribution in [0.5, 0.6) is 0 Å². The van der Waals surface area contributed by atoms with E-state index in [9.17, 15) is 4.79 Å². The summed E-state index contributed by atoms with van der Waals surface area (Å²) in [6.45, 7) is 9.21.